The predicted octanol–water partition coefficient (Wildman–Crippen LogP) is 1.53. The van der Waals surface area contributed by atoms with Crippen molar-refractivity contribution in [3.05, 3.63) is 11.4 Å². The molecule has 0 saturated heterocycles. The molecule has 1 unspecified atom stereocenters. The lowest BCUT2D eigenvalue weighted by molar-refractivity contribution is 0.315. The van der Waals surface area contributed by atoms with Crippen LogP contribution in [0.1, 0.15) is 37.7 Å². The highest BCUT2D eigenvalue weighted by Crippen LogP contribution is 2.18. The molecule has 13 heavy (non-hydrogen) atoms. The van der Waals surface area contributed by atoms with Gasteiger partial charge in [0.15, 0.2) is 0 Å². The molecule has 0 aromatic carbocycles. The number of H-pyrrole nitrogens is 1. The van der Waals surface area contributed by atoms with Crippen molar-refractivity contribution in [3.8, 4) is 6.01 Å². The fraction of sp³-hybridized carbons (Fsp3) is 0.667. The zero-order valence-electron chi connectivity index (χ0n) is 8.42. The van der Waals surface area contributed by atoms with Gasteiger partial charge in [-0.15, -0.1) is 0 Å². The summed E-state index contributed by atoms with van der Waals surface area (Å²) in [5.41, 5.74) is 7.77. The second-order valence-electron chi connectivity index (χ2n) is 3.00. The van der Waals surface area contributed by atoms with Gasteiger partial charge in [0, 0.05) is 11.7 Å². The molecule has 4 heteroatoms. The van der Waals surface area contributed by atoms with E-state index in [1.165, 1.54) is 0 Å². The molecule has 1 heterocycles. The van der Waals surface area contributed by atoms with Crippen LogP contribution in [0.15, 0.2) is 0 Å². The van der Waals surface area contributed by atoms with Crippen molar-refractivity contribution in [2.75, 3.05) is 6.61 Å². The van der Waals surface area contributed by atoms with Crippen molar-refractivity contribution in [1.82, 2.24) is 9.97 Å². The second-order valence-corrected chi connectivity index (χ2v) is 3.00. The SMILES string of the molecule is CCOc1nc(C(N)CC)c(C)[nH]1. The Bertz CT molecular complexity index is 270. The molecule has 3 N–H and O–H groups in total. The Morgan fingerprint density at radius 2 is 2.23 bits per heavy atom. The van der Waals surface area contributed by atoms with Gasteiger partial charge >= 0.3 is 0 Å². The van der Waals surface area contributed by atoms with Crippen LogP contribution in [0.25, 0.3) is 0 Å². The molecule has 0 bridgehead atoms. The van der Waals surface area contributed by atoms with E-state index in [2.05, 4.69) is 9.97 Å². The highest BCUT2D eigenvalue weighted by Gasteiger charge is 2.12. The summed E-state index contributed by atoms with van der Waals surface area (Å²) < 4.78 is 5.24. The highest BCUT2D eigenvalue weighted by molar-refractivity contribution is 5.19. The maximum atomic E-state index is 5.87. The largest absolute Gasteiger partial charge is 0.465 e. The number of aryl methyl sites for hydroxylation is 1. The van der Waals surface area contributed by atoms with E-state index in [4.69, 9.17) is 10.5 Å². The monoisotopic (exact) mass is 183 g/mol. The van der Waals surface area contributed by atoms with Gasteiger partial charge in [0.25, 0.3) is 6.01 Å². The molecule has 1 atom stereocenters. The molecule has 74 valence electrons. The number of hydrogen-bond acceptors (Lipinski definition) is 3. The first-order valence-corrected chi connectivity index (χ1v) is 4.63. The van der Waals surface area contributed by atoms with E-state index >= 15 is 0 Å². The molecule has 1 aromatic rings. The van der Waals surface area contributed by atoms with Crippen molar-refractivity contribution < 1.29 is 4.74 Å². The fourth-order valence-corrected chi connectivity index (χ4v) is 1.21. The van der Waals surface area contributed by atoms with Crippen LogP contribution in [0.2, 0.25) is 0 Å². The van der Waals surface area contributed by atoms with Crippen LogP contribution in [0.4, 0.5) is 0 Å². The first-order valence-electron chi connectivity index (χ1n) is 4.63. The molecule has 4 nitrogen and oxygen atoms in total. The fourth-order valence-electron chi connectivity index (χ4n) is 1.21. The number of imidazole rings is 1. The van der Waals surface area contributed by atoms with Gasteiger partial charge in [0.1, 0.15) is 0 Å². The molecular weight excluding hydrogens is 166 g/mol. The summed E-state index contributed by atoms with van der Waals surface area (Å²) in [5.74, 6) is 0. The van der Waals surface area contributed by atoms with Gasteiger partial charge < -0.3 is 15.5 Å². The smallest absolute Gasteiger partial charge is 0.294 e. The quantitative estimate of drug-likeness (QED) is 0.744. The van der Waals surface area contributed by atoms with E-state index < -0.39 is 0 Å². The highest BCUT2D eigenvalue weighted by atomic mass is 16.5. The Labute approximate surface area is 78.5 Å². The predicted molar refractivity (Wildman–Crippen MR) is 51.7 cm³/mol. The molecular formula is C9H17N3O. The maximum absolute atomic E-state index is 5.87. The number of ether oxygens (including phenoxy) is 1. The van der Waals surface area contributed by atoms with Crippen molar-refractivity contribution in [3.63, 3.8) is 0 Å². The summed E-state index contributed by atoms with van der Waals surface area (Å²) in [4.78, 5) is 7.31. The summed E-state index contributed by atoms with van der Waals surface area (Å²) in [7, 11) is 0. The van der Waals surface area contributed by atoms with Gasteiger partial charge in [0.05, 0.1) is 12.3 Å². The van der Waals surface area contributed by atoms with Crippen LogP contribution in [-0.4, -0.2) is 16.6 Å². The molecule has 0 saturated carbocycles. The lowest BCUT2D eigenvalue weighted by atomic mass is 10.1. The third-order valence-corrected chi connectivity index (χ3v) is 1.97. The maximum Gasteiger partial charge on any atom is 0.294 e. The van der Waals surface area contributed by atoms with Crippen LogP contribution in [0.5, 0.6) is 6.01 Å². The zero-order valence-corrected chi connectivity index (χ0v) is 8.42. The van der Waals surface area contributed by atoms with Crippen molar-refractivity contribution in [2.24, 2.45) is 5.73 Å². The lowest BCUT2D eigenvalue weighted by Gasteiger charge is -2.04. The molecule has 0 aliphatic heterocycles. The molecule has 0 amide bonds. The number of aromatic amines is 1. The Kier molecular flexibility index (Phi) is 3.31. The van der Waals surface area contributed by atoms with Crippen LogP contribution < -0.4 is 10.5 Å². The second kappa shape index (κ2) is 4.28. The van der Waals surface area contributed by atoms with Crippen molar-refractivity contribution >= 4 is 0 Å². The topological polar surface area (TPSA) is 63.9 Å². The van der Waals surface area contributed by atoms with E-state index in [1.807, 2.05) is 20.8 Å². The van der Waals surface area contributed by atoms with Crippen LogP contribution in [0, 0.1) is 6.92 Å². The average molecular weight is 183 g/mol. The third kappa shape index (κ3) is 2.21. The third-order valence-electron chi connectivity index (χ3n) is 1.97. The van der Waals surface area contributed by atoms with E-state index in [1.54, 1.807) is 0 Å². The molecule has 0 radical (unpaired) electrons. The minimum atomic E-state index is 0.00505. The zero-order chi connectivity index (χ0) is 9.84. The summed E-state index contributed by atoms with van der Waals surface area (Å²) in [6.07, 6.45) is 0.886. The lowest BCUT2D eigenvalue weighted by Crippen LogP contribution is -2.10. The number of nitrogens with zero attached hydrogens (tertiary/aromatic N) is 1. The van der Waals surface area contributed by atoms with E-state index in [9.17, 15) is 0 Å². The first kappa shape index (κ1) is 10.1. The summed E-state index contributed by atoms with van der Waals surface area (Å²) >= 11 is 0. The minimum absolute atomic E-state index is 0.00505. The minimum Gasteiger partial charge on any atom is -0.465 e. The summed E-state index contributed by atoms with van der Waals surface area (Å²) in [5, 5.41) is 0. The van der Waals surface area contributed by atoms with Crippen LogP contribution in [0.3, 0.4) is 0 Å². The van der Waals surface area contributed by atoms with Gasteiger partial charge in [-0.2, -0.15) is 4.98 Å². The first-order chi connectivity index (χ1) is 6.19. The number of nitrogens with two attached hydrogens (primary N) is 1. The Morgan fingerprint density at radius 3 is 2.77 bits per heavy atom. The Morgan fingerprint density at radius 1 is 1.54 bits per heavy atom. The Balaban J connectivity index is 2.82. The molecule has 1 aromatic heterocycles. The van der Waals surface area contributed by atoms with Gasteiger partial charge in [-0.3, -0.25) is 0 Å². The Hall–Kier alpha value is -1.03. The number of nitrogens with one attached hydrogen (secondary N) is 1. The van der Waals surface area contributed by atoms with Crippen LogP contribution >= 0.6 is 0 Å². The van der Waals surface area contributed by atoms with Gasteiger partial charge in [-0.05, 0) is 20.3 Å². The number of rotatable bonds is 4. The molecule has 0 aliphatic carbocycles. The van der Waals surface area contributed by atoms with E-state index in [0.29, 0.717) is 12.6 Å². The molecule has 0 aliphatic rings. The van der Waals surface area contributed by atoms with Gasteiger partial charge in [-0.25, -0.2) is 0 Å². The van der Waals surface area contributed by atoms with E-state index in [-0.39, 0.29) is 6.04 Å². The van der Waals surface area contributed by atoms with Crippen molar-refractivity contribution in [1.29, 1.82) is 0 Å². The standard InChI is InChI=1S/C9H17N3O/c1-4-7(10)8-6(3)11-9(12-8)13-5-2/h7H,4-5,10H2,1-3H3,(H,11,12). The van der Waals surface area contributed by atoms with Gasteiger partial charge in [-0.1, -0.05) is 6.92 Å². The number of hydrogen-bond donors (Lipinski definition) is 2. The van der Waals surface area contributed by atoms with Crippen LogP contribution in [-0.2, 0) is 0 Å². The van der Waals surface area contributed by atoms with Gasteiger partial charge in [0.2, 0.25) is 0 Å². The van der Waals surface area contributed by atoms with E-state index in [0.717, 1.165) is 17.8 Å². The molecule has 0 spiro atoms. The average Bonchev–Trinajstić information content (AvgIpc) is 2.46. The van der Waals surface area contributed by atoms with Crippen molar-refractivity contribution in [2.45, 2.75) is 33.2 Å². The molecule has 1 rings (SSSR count). The normalized spacial score (nSPS) is 12.9. The summed E-state index contributed by atoms with van der Waals surface area (Å²) in [6.45, 7) is 6.55. The summed E-state index contributed by atoms with van der Waals surface area (Å²) in [6, 6.07) is 0.573. The molecule has 0 fully saturated rings. The number of aromatic nitrogens is 2.